The van der Waals surface area contributed by atoms with E-state index in [0.29, 0.717) is 123 Å². The quantitative estimate of drug-likeness (QED) is 0.0177. The molecule has 15 rings (SSSR count). The Morgan fingerprint density at radius 1 is 0.454 bits per heavy atom. The largest absolute Gasteiger partial charge is 0.493 e. The van der Waals surface area contributed by atoms with Crippen LogP contribution in [0.3, 0.4) is 0 Å². The third kappa shape index (κ3) is 27.9. The van der Waals surface area contributed by atoms with Crippen molar-refractivity contribution in [3.05, 3.63) is 142 Å². The molecule has 5 fully saturated rings. The molecule has 35 nitrogen and oxygen atoms in total. The van der Waals surface area contributed by atoms with E-state index in [9.17, 15) is 41.1 Å². The molecule has 0 radical (unpaired) electrons. The van der Waals surface area contributed by atoms with E-state index in [1.807, 2.05) is 60.3 Å². The Morgan fingerprint density at radius 3 is 1.06 bits per heavy atom. The highest BCUT2D eigenvalue weighted by Gasteiger charge is 2.54. The lowest BCUT2D eigenvalue weighted by Gasteiger charge is -2.34. The van der Waals surface area contributed by atoms with Crippen LogP contribution in [0, 0.1) is 34.9 Å². The molecule has 5 aliphatic rings. The monoisotopic (exact) mass is 1990 g/mol. The molecule has 6 aromatic carbocycles. The number of aliphatic carboxylic acids is 1. The average molecular weight is 1990 g/mol. The number of ether oxygens (including phenoxy) is 10. The lowest BCUT2D eigenvalue weighted by molar-refractivity contribution is -0.137. The zero-order valence-corrected chi connectivity index (χ0v) is 84.2. The summed E-state index contributed by atoms with van der Waals surface area (Å²) in [5.41, 5.74) is 24.4. The van der Waals surface area contributed by atoms with E-state index >= 15 is 4.39 Å². The molecule has 0 spiro atoms. The Bertz CT molecular complexity index is 5980. The summed E-state index contributed by atoms with van der Waals surface area (Å²) in [6.07, 6.45) is 5.86. The van der Waals surface area contributed by atoms with Crippen LogP contribution >= 0.6 is 11.6 Å². The number of piperidine rings is 4. The minimum atomic E-state index is -0.870. The number of carbonyl (C=O) groups excluding carboxylic acids is 3. The van der Waals surface area contributed by atoms with Gasteiger partial charge in [0.05, 0.1) is 74.5 Å². The molecule has 141 heavy (non-hydrogen) atoms. The molecule has 43 heteroatoms. The van der Waals surface area contributed by atoms with Gasteiger partial charge in [-0.2, -0.15) is 0 Å². The highest BCUT2D eigenvalue weighted by atomic mass is 35.5. The number of anilines is 4. The maximum Gasteiger partial charge on any atom is 0.461 e. The van der Waals surface area contributed by atoms with E-state index in [0.717, 1.165) is 49.9 Å². The van der Waals surface area contributed by atoms with Gasteiger partial charge in [0.15, 0.2) is 69.3 Å². The molecular formula is C98H130BClF6N18O17. The van der Waals surface area contributed by atoms with Crippen LogP contribution < -0.4 is 76.8 Å². The number of methoxy groups -OCH3 is 8. The zero-order valence-electron chi connectivity index (χ0n) is 83.5. The molecule has 5 aliphatic heterocycles. The van der Waals surface area contributed by atoms with Crippen molar-refractivity contribution >= 4 is 110 Å². The summed E-state index contributed by atoms with van der Waals surface area (Å²) in [5, 5.41) is 19.7. The molecule has 0 saturated carbocycles. The van der Waals surface area contributed by atoms with Gasteiger partial charge in [-0.3, -0.25) is 9.59 Å². The Balaban J connectivity index is 0.000000178. The van der Waals surface area contributed by atoms with Crippen molar-refractivity contribution in [3.63, 3.8) is 0 Å². The molecule has 0 bridgehead atoms. The van der Waals surface area contributed by atoms with Crippen LogP contribution in [-0.2, 0) is 28.4 Å². The fourth-order valence-electron chi connectivity index (χ4n) is 16.6. The number of fused-ring (bicyclic) bond motifs is 4. The van der Waals surface area contributed by atoms with Gasteiger partial charge >= 0.3 is 25.3 Å². The summed E-state index contributed by atoms with van der Waals surface area (Å²) in [4.78, 5) is 87.3. The first-order chi connectivity index (χ1) is 66.8. The van der Waals surface area contributed by atoms with Crippen molar-refractivity contribution in [2.24, 2.45) is 0 Å². The van der Waals surface area contributed by atoms with E-state index in [-0.39, 0.29) is 187 Å². The first-order valence-electron chi connectivity index (χ1n) is 46.4. The summed E-state index contributed by atoms with van der Waals surface area (Å²) in [5.74, 6) is -0.510. The van der Waals surface area contributed by atoms with Crippen molar-refractivity contribution < 1.29 is 107 Å². The normalized spacial score (nSPS) is 16.1. The number of nitrogens with one attached hydrogen (secondary N) is 3. The summed E-state index contributed by atoms with van der Waals surface area (Å²) in [7, 11) is 11.0. The predicted octanol–water partition coefficient (Wildman–Crippen LogP) is 16.7. The second-order valence-corrected chi connectivity index (χ2v) is 37.4. The van der Waals surface area contributed by atoms with Crippen LogP contribution in [0.2, 0.25) is 11.1 Å². The number of amides is 3. The summed E-state index contributed by atoms with van der Waals surface area (Å²) >= 11 is 5.62. The first-order valence-corrected chi connectivity index (χ1v) is 46.8. The van der Waals surface area contributed by atoms with Gasteiger partial charge in [-0.05, 0) is 224 Å². The minimum absolute atomic E-state index is 0.000139. The van der Waals surface area contributed by atoms with E-state index in [1.54, 1.807) is 52.3 Å². The number of nitrogen functional groups attached to an aromatic ring is 4. The van der Waals surface area contributed by atoms with E-state index in [4.69, 9.17) is 96.3 Å². The summed E-state index contributed by atoms with van der Waals surface area (Å²) < 4.78 is 149. The Hall–Kier alpha value is -12.5. The number of carboxylic acids is 1. The van der Waals surface area contributed by atoms with Gasteiger partial charge in [-0.25, -0.2) is 75.8 Å². The standard InChI is InChI=1S/C26H31F2N5O3.C20H27FN4O4.C16H30BNO4.C15H19FN4O2.C11H14FNO2.C10H9ClFN3O2/c1-4-30-19(15-5-7-17(27)8-6-15)14-21(34)33-11-9-16(10-12-33)26-31-23-18(25(29)32-26)13-20(35-2)24(36-3)22(23)28;1-20(2,3)29-19(26)25-8-6-11(7-9-25)18-23-15-12(17(22)24-18)10-13(27-4)16(28-5)14(15)21;1-14(2,3)20-13(19)18-10-8-12(9-11-18)17-21-15(4,5)16(6,7)22-17;1-21-10-7-9-12(11(16)13(10)22-2)19-15(20-14(9)17)8-3-5-18-6-4-8;1-2-13-10(7-11(14)15)8-3-5-9(12)6-4-8;1-16-5-3-4-7(6(12)8(5)17-2)14-10(11)15-9(4)13/h5-8,13,16,19,30H,4,9-12,14H2,1-3H3,(H2,29,31,32);10-11H,6-9H2,1-5H3,(H2,22,23,24);12H,8-11H2,1-7H3;7-8,18H,3-6H2,1-2H3,(H2,17,19,20);3-6,10,13H,2,7H2,1H3,(H,14,15);3H,1-2H3,(H2,13,14,15)/t19-;;;;10-;/m1...1./s1. The molecule has 2 atom stereocenters. The van der Waals surface area contributed by atoms with E-state index in [2.05, 4.69) is 83.5 Å². The predicted molar refractivity (Wildman–Crippen MR) is 526 cm³/mol. The number of carbonyl (C=O) groups is 4. The van der Waals surface area contributed by atoms with Crippen molar-refractivity contribution in [1.82, 2.24) is 70.5 Å². The fourth-order valence-corrected chi connectivity index (χ4v) is 16.8. The number of rotatable bonds is 22. The van der Waals surface area contributed by atoms with Crippen LogP contribution in [0.5, 0.6) is 46.0 Å². The topological polar surface area (TPSA) is 452 Å². The molecule has 3 amide bonds. The summed E-state index contributed by atoms with van der Waals surface area (Å²) in [6, 6.07) is 17.9. The molecular weight excluding hydrogens is 1860 g/mol. The van der Waals surface area contributed by atoms with Crippen LogP contribution in [-0.4, -0.2) is 236 Å². The van der Waals surface area contributed by atoms with Gasteiger partial charge < -0.3 is 115 Å². The number of nitrogens with two attached hydrogens (primary N) is 4. The van der Waals surface area contributed by atoms with E-state index in [1.165, 1.54) is 87.2 Å². The molecule has 4 aromatic heterocycles. The fraction of sp³-hybridized carbons (Fsp3) is 0.510. The van der Waals surface area contributed by atoms with Gasteiger partial charge in [-0.15, -0.1) is 0 Å². The molecule has 0 aliphatic carbocycles. The van der Waals surface area contributed by atoms with E-state index < -0.39 is 40.4 Å². The van der Waals surface area contributed by atoms with Crippen molar-refractivity contribution in [3.8, 4) is 46.0 Å². The van der Waals surface area contributed by atoms with Gasteiger partial charge in [0.1, 0.15) is 85.6 Å². The van der Waals surface area contributed by atoms with Gasteiger partial charge in [0.25, 0.3) is 0 Å². The number of hydrogen-bond acceptors (Lipinski definition) is 31. The molecule has 12 N–H and O–H groups in total. The number of aromatic nitrogens is 8. The minimum Gasteiger partial charge on any atom is -0.493 e. The molecule has 0 unspecified atom stereocenters. The average Bonchev–Trinajstić information content (AvgIpc) is 1.69. The number of halogens is 7. The second-order valence-electron chi connectivity index (χ2n) is 37.0. The van der Waals surface area contributed by atoms with Crippen molar-refractivity contribution in [2.45, 2.75) is 205 Å². The molecule has 766 valence electrons. The Morgan fingerprint density at radius 2 is 0.752 bits per heavy atom. The van der Waals surface area contributed by atoms with Crippen LogP contribution in [0.1, 0.15) is 206 Å². The lowest BCUT2D eigenvalue weighted by atomic mass is 9.67. The van der Waals surface area contributed by atoms with Crippen molar-refractivity contribution in [2.75, 3.05) is 145 Å². The highest BCUT2D eigenvalue weighted by molar-refractivity contribution is 6.47. The van der Waals surface area contributed by atoms with Crippen LogP contribution in [0.15, 0.2) is 72.8 Å². The van der Waals surface area contributed by atoms with Crippen LogP contribution in [0.25, 0.3) is 43.6 Å². The smallest absolute Gasteiger partial charge is 0.461 e. The summed E-state index contributed by atoms with van der Waals surface area (Å²) in [6.45, 7) is 30.0. The van der Waals surface area contributed by atoms with Gasteiger partial charge in [-0.1, -0.05) is 38.1 Å². The second kappa shape index (κ2) is 48.8. The number of hydrogen-bond donors (Lipinski definition) is 8. The number of likely N-dealkylation sites (tertiary alicyclic amines) is 3. The maximum absolute atomic E-state index is 15.1. The molecule has 5 saturated heterocycles. The Kier molecular flexibility index (Phi) is 38.2. The van der Waals surface area contributed by atoms with Crippen molar-refractivity contribution in [1.29, 1.82) is 0 Å². The zero-order chi connectivity index (χ0) is 103. The van der Waals surface area contributed by atoms with Gasteiger partial charge in [0.2, 0.25) is 11.2 Å². The first kappa shape index (κ1) is 110. The third-order valence-electron chi connectivity index (χ3n) is 24.7. The molecule has 10 aromatic rings. The van der Waals surface area contributed by atoms with Crippen LogP contribution in [0.4, 0.5) is 59.2 Å². The number of carboxylic acid groups (broad SMARTS) is 1. The number of benzene rings is 6. The highest BCUT2D eigenvalue weighted by Crippen LogP contribution is 2.46. The SMILES string of the molecule is CC(C)(C)OC(=O)N1CCC(B2OC(C)(C)C(C)(C)O2)CC1.CCN[C@H](CC(=O)N1CCC(c2nc(N)c3cc(OC)c(OC)c(F)c3n2)CC1)c1ccc(F)cc1.CCN[C@H](CC(=O)O)c1ccc(F)cc1.COc1cc2c(N)nc(C3CCN(C(=O)OC(C)(C)C)CC3)nc2c(F)c1OC.COc1cc2c(N)nc(C3CCNCC3)nc2c(F)c1OC.COc1cc2c(N)nc(Cl)nc2c(F)c1OC. The Labute approximate surface area is 821 Å². The lowest BCUT2D eigenvalue weighted by Crippen LogP contribution is -2.43. The number of nitrogens with zero attached hydrogens (tertiary/aromatic N) is 11. The molecule has 9 heterocycles. The van der Waals surface area contributed by atoms with Gasteiger partial charge in [0, 0.05) is 97.1 Å². The third-order valence-corrected chi connectivity index (χ3v) is 24.9. The maximum atomic E-state index is 15.1.